The molecule has 1 atom stereocenters. The van der Waals surface area contributed by atoms with Crippen LogP contribution in [0.1, 0.15) is 42.8 Å². The minimum Gasteiger partial charge on any atom is -0.373 e. The van der Waals surface area contributed by atoms with E-state index in [1.54, 1.807) is 35.1 Å². The average Bonchev–Trinajstić information content (AvgIpc) is 3.41. The van der Waals surface area contributed by atoms with Crippen LogP contribution in [0.4, 0.5) is 30.2 Å². The highest BCUT2D eigenvalue weighted by Gasteiger charge is 2.21. The summed E-state index contributed by atoms with van der Waals surface area (Å²) in [7, 11) is 0. The van der Waals surface area contributed by atoms with Gasteiger partial charge >= 0.3 is 0 Å². The third kappa shape index (κ3) is 5.32. The highest BCUT2D eigenvalue weighted by molar-refractivity contribution is 6.36. The van der Waals surface area contributed by atoms with E-state index in [1.165, 1.54) is 18.3 Å². The number of fused-ring (bicyclic) bond motifs is 1. The molecule has 0 saturated heterocycles. The molecule has 0 bridgehead atoms. The van der Waals surface area contributed by atoms with Crippen LogP contribution in [0.15, 0.2) is 61.1 Å². The van der Waals surface area contributed by atoms with Gasteiger partial charge in [0.2, 0.25) is 5.95 Å². The third-order valence-electron chi connectivity index (χ3n) is 5.98. The van der Waals surface area contributed by atoms with E-state index in [0.29, 0.717) is 22.3 Å². The molecule has 12 heteroatoms. The molecule has 0 aliphatic heterocycles. The number of pyridine rings is 2. The molecule has 0 amide bonds. The van der Waals surface area contributed by atoms with Gasteiger partial charge in [0.15, 0.2) is 5.82 Å². The Morgan fingerprint density at radius 1 is 1.00 bits per heavy atom. The van der Waals surface area contributed by atoms with Crippen LogP contribution in [-0.4, -0.2) is 25.0 Å². The zero-order valence-corrected chi connectivity index (χ0v) is 21.4. The zero-order valence-electron chi connectivity index (χ0n) is 20.6. The van der Waals surface area contributed by atoms with Crippen LogP contribution < -0.4 is 10.6 Å². The van der Waals surface area contributed by atoms with E-state index in [9.17, 15) is 18.4 Å². The molecule has 0 aliphatic carbocycles. The molecule has 39 heavy (non-hydrogen) atoms. The van der Waals surface area contributed by atoms with Crippen molar-refractivity contribution in [1.29, 1.82) is 5.26 Å². The minimum absolute atomic E-state index is 0.0742. The molecular weight excluding hydrogens is 529 g/mol. The van der Waals surface area contributed by atoms with Crippen LogP contribution in [0, 0.1) is 28.9 Å². The van der Waals surface area contributed by atoms with Gasteiger partial charge in [0.1, 0.15) is 17.6 Å². The topological polar surface area (TPSA) is 104 Å². The quantitative estimate of drug-likeness (QED) is 0.218. The molecule has 2 aromatic carbocycles. The van der Waals surface area contributed by atoms with E-state index >= 15 is 0 Å². The highest BCUT2D eigenvalue weighted by atomic mass is 35.5. The van der Waals surface area contributed by atoms with Gasteiger partial charge in [0, 0.05) is 29.4 Å². The standard InChI is InChI=1S/C27H20ClF3N8/c1-14(2)39-13-23(37-38-39)25(15-3-5-17(29)6-4-15)35-18-7-20-24(36-19-9-22(30)27(31)34-12-19)16(10-32)11-33-26(20)21(28)8-18/h3-9,11-14,25,35H,1-2H3,(H,33,36). The SMILES string of the molecule is CC(C)n1cc(C(Nc2cc(Cl)c3ncc(C#N)c(Nc4cnc(F)c(F)c4)c3c2)c2ccc(F)cc2)nn1. The molecule has 0 saturated carbocycles. The Labute approximate surface area is 226 Å². The minimum atomic E-state index is -1.24. The Bertz CT molecular complexity index is 1710. The van der Waals surface area contributed by atoms with Gasteiger partial charge in [0.25, 0.3) is 0 Å². The third-order valence-corrected chi connectivity index (χ3v) is 6.27. The first-order valence-electron chi connectivity index (χ1n) is 11.8. The molecule has 0 fully saturated rings. The van der Waals surface area contributed by atoms with E-state index in [0.717, 1.165) is 17.8 Å². The Morgan fingerprint density at radius 2 is 1.77 bits per heavy atom. The lowest BCUT2D eigenvalue weighted by Gasteiger charge is -2.20. The van der Waals surface area contributed by atoms with Crippen molar-refractivity contribution >= 4 is 39.6 Å². The summed E-state index contributed by atoms with van der Waals surface area (Å²) in [5.41, 5.74) is 2.77. The molecule has 196 valence electrons. The molecular formula is C27H20ClF3N8. The first-order valence-corrected chi connectivity index (χ1v) is 12.2. The van der Waals surface area contributed by atoms with Crippen molar-refractivity contribution in [2.75, 3.05) is 10.6 Å². The zero-order chi connectivity index (χ0) is 27.7. The number of nitrogens with zero attached hydrogens (tertiary/aromatic N) is 6. The molecule has 3 heterocycles. The molecule has 0 radical (unpaired) electrons. The van der Waals surface area contributed by atoms with Crippen LogP contribution in [0.5, 0.6) is 0 Å². The number of anilines is 3. The number of hydrogen-bond donors (Lipinski definition) is 2. The summed E-state index contributed by atoms with van der Waals surface area (Å²) in [4.78, 5) is 7.71. The second-order valence-electron chi connectivity index (χ2n) is 8.98. The fourth-order valence-electron chi connectivity index (χ4n) is 4.02. The van der Waals surface area contributed by atoms with Crippen molar-refractivity contribution in [1.82, 2.24) is 25.0 Å². The van der Waals surface area contributed by atoms with Crippen molar-refractivity contribution in [3.05, 3.63) is 100 Å². The average molecular weight is 549 g/mol. The normalized spacial score (nSPS) is 11.9. The summed E-state index contributed by atoms with van der Waals surface area (Å²) in [5, 5.41) is 25.3. The molecule has 2 N–H and O–H groups in total. The van der Waals surface area contributed by atoms with E-state index in [1.807, 2.05) is 13.8 Å². The lowest BCUT2D eigenvalue weighted by molar-refractivity contribution is 0.480. The highest BCUT2D eigenvalue weighted by Crippen LogP contribution is 2.36. The predicted octanol–water partition coefficient (Wildman–Crippen LogP) is 6.69. The Balaban J connectivity index is 1.61. The summed E-state index contributed by atoms with van der Waals surface area (Å²) in [6.07, 6.45) is 4.24. The lowest BCUT2D eigenvalue weighted by atomic mass is 10.0. The van der Waals surface area contributed by atoms with E-state index < -0.39 is 17.8 Å². The van der Waals surface area contributed by atoms with Gasteiger partial charge in [-0.05, 0) is 43.7 Å². The van der Waals surface area contributed by atoms with Crippen LogP contribution in [0.25, 0.3) is 10.9 Å². The predicted molar refractivity (Wildman–Crippen MR) is 141 cm³/mol. The van der Waals surface area contributed by atoms with Gasteiger partial charge in [0.05, 0.1) is 45.9 Å². The van der Waals surface area contributed by atoms with Gasteiger partial charge < -0.3 is 10.6 Å². The monoisotopic (exact) mass is 548 g/mol. The van der Waals surface area contributed by atoms with Crippen molar-refractivity contribution in [2.24, 2.45) is 0 Å². The first kappa shape index (κ1) is 25.9. The fraction of sp³-hybridized carbons (Fsp3) is 0.148. The Morgan fingerprint density at radius 3 is 2.44 bits per heavy atom. The molecule has 0 aliphatic rings. The van der Waals surface area contributed by atoms with Gasteiger partial charge in [-0.25, -0.2) is 18.4 Å². The van der Waals surface area contributed by atoms with Crippen LogP contribution in [0.2, 0.25) is 5.02 Å². The Hall–Kier alpha value is -4.69. The summed E-state index contributed by atoms with van der Waals surface area (Å²) in [6.45, 7) is 3.94. The number of aromatic nitrogens is 5. The van der Waals surface area contributed by atoms with Crippen LogP contribution >= 0.6 is 11.6 Å². The van der Waals surface area contributed by atoms with Crippen molar-refractivity contribution in [3.8, 4) is 6.07 Å². The van der Waals surface area contributed by atoms with Gasteiger partial charge in [-0.15, -0.1) is 5.10 Å². The smallest absolute Gasteiger partial charge is 0.249 e. The number of halogens is 4. The van der Waals surface area contributed by atoms with Gasteiger partial charge in [-0.1, -0.05) is 28.9 Å². The summed E-state index contributed by atoms with van der Waals surface area (Å²) in [6, 6.07) is 11.9. The molecule has 0 spiro atoms. The molecule has 5 rings (SSSR count). The first-order chi connectivity index (χ1) is 18.7. The van der Waals surface area contributed by atoms with E-state index in [4.69, 9.17) is 11.6 Å². The van der Waals surface area contributed by atoms with Gasteiger partial charge in [-0.2, -0.15) is 9.65 Å². The van der Waals surface area contributed by atoms with Crippen molar-refractivity contribution in [3.63, 3.8) is 0 Å². The number of benzene rings is 2. The van der Waals surface area contributed by atoms with Crippen molar-refractivity contribution < 1.29 is 13.2 Å². The maximum absolute atomic E-state index is 13.8. The van der Waals surface area contributed by atoms with E-state index in [2.05, 4.69) is 37.0 Å². The largest absolute Gasteiger partial charge is 0.373 e. The number of rotatable bonds is 7. The van der Waals surface area contributed by atoms with E-state index in [-0.39, 0.29) is 33.8 Å². The fourth-order valence-corrected chi connectivity index (χ4v) is 4.29. The summed E-state index contributed by atoms with van der Waals surface area (Å²) < 4.78 is 42.6. The number of nitrogens with one attached hydrogen (secondary N) is 2. The summed E-state index contributed by atoms with van der Waals surface area (Å²) in [5.74, 6) is -2.76. The molecule has 8 nitrogen and oxygen atoms in total. The Kier molecular flexibility index (Phi) is 7.04. The number of nitriles is 1. The molecule has 1 unspecified atom stereocenters. The number of hydrogen-bond acceptors (Lipinski definition) is 7. The second-order valence-corrected chi connectivity index (χ2v) is 9.39. The second kappa shape index (κ2) is 10.6. The van der Waals surface area contributed by atoms with Crippen LogP contribution in [-0.2, 0) is 0 Å². The molecule has 3 aromatic heterocycles. The maximum Gasteiger partial charge on any atom is 0.249 e. The maximum atomic E-state index is 13.8. The summed E-state index contributed by atoms with van der Waals surface area (Å²) >= 11 is 6.60. The van der Waals surface area contributed by atoms with Crippen molar-refractivity contribution in [2.45, 2.75) is 25.9 Å². The van der Waals surface area contributed by atoms with Crippen LogP contribution in [0.3, 0.4) is 0 Å². The van der Waals surface area contributed by atoms with Gasteiger partial charge in [-0.3, -0.25) is 4.98 Å². The molecule has 5 aromatic rings. The lowest BCUT2D eigenvalue weighted by Crippen LogP contribution is -2.13.